The van der Waals surface area contributed by atoms with Crippen LogP contribution in [-0.2, 0) is 4.79 Å². The molecule has 0 saturated carbocycles. The van der Waals surface area contributed by atoms with Crippen LogP contribution in [0.1, 0.15) is 6.92 Å². The van der Waals surface area contributed by atoms with Crippen molar-refractivity contribution in [3.8, 4) is 5.69 Å². The molecule has 0 radical (unpaired) electrons. The van der Waals surface area contributed by atoms with Crippen LogP contribution in [0.5, 0.6) is 0 Å². The number of pyridine rings is 1. The van der Waals surface area contributed by atoms with Crippen molar-refractivity contribution in [3.05, 3.63) is 42.9 Å². The third-order valence-corrected chi connectivity index (χ3v) is 2.00. The molecule has 2 aromatic rings. The average molecular weight is 229 g/mol. The van der Waals surface area contributed by atoms with Crippen LogP contribution >= 0.6 is 0 Å². The monoisotopic (exact) mass is 229 g/mol. The van der Waals surface area contributed by atoms with Gasteiger partial charge >= 0.3 is 0 Å². The lowest BCUT2D eigenvalue weighted by Gasteiger charge is -2.04. The average Bonchev–Trinajstić information content (AvgIpc) is 2.83. The molecule has 0 spiro atoms. The second-order valence-corrected chi connectivity index (χ2v) is 3.24. The number of anilines is 1. The van der Waals surface area contributed by atoms with E-state index in [9.17, 15) is 4.79 Å². The van der Waals surface area contributed by atoms with Gasteiger partial charge in [-0.25, -0.2) is 9.67 Å². The molecule has 2 rings (SSSR count). The molecule has 1 amide bonds. The number of aromatic nitrogens is 4. The summed E-state index contributed by atoms with van der Waals surface area (Å²) in [6, 6.07) is 3.50. The molecule has 0 aliphatic carbocycles. The fraction of sp³-hybridized carbons (Fsp3) is 0.0909. The van der Waals surface area contributed by atoms with E-state index < -0.39 is 0 Å². The first-order chi connectivity index (χ1) is 8.29. The first kappa shape index (κ1) is 11.0. The van der Waals surface area contributed by atoms with Gasteiger partial charge in [0, 0.05) is 12.3 Å². The Morgan fingerprint density at radius 2 is 2.35 bits per heavy atom. The maximum atomic E-state index is 11.3. The molecule has 2 heterocycles. The Morgan fingerprint density at radius 3 is 3.06 bits per heavy atom. The van der Waals surface area contributed by atoms with Crippen LogP contribution in [0, 0.1) is 0 Å². The second-order valence-electron chi connectivity index (χ2n) is 3.24. The predicted octanol–water partition coefficient (Wildman–Crippen LogP) is 1.18. The SMILES string of the molecule is C/C=C\C(=O)Nc1cc(-n2ccnn2)ccn1. The van der Waals surface area contributed by atoms with Crippen LogP contribution in [0.4, 0.5) is 5.82 Å². The van der Waals surface area contributed by atoms with E-state index in [-0.39, 0.29) is 5.91 Å². The minimum atomic E-state index is -0.212. The van der Waals surface area contributed by atoms with Crippen molar-refractivity contribution in [1.82, 2.24) is 20.0 Å². The minimum absolute atomic E-state index is 0.212. The number of carbonyl (C=O) groups excluding carboxylic acids is 1. The lowest BCUT2D eigenvalue weighted by Crippen LogP contribution is -2.09. The number of hydrogen-bond acceptors (Lipinski definition) is 4. The van der Waals surface area contributed by atoms with Gasteiger partial charge in [-0.05, 0) is 19.1 Å². The molecule has 0 aliphatic rings. The first-order valence-corrected chi connectivity index (χ1v) is 5.06. The smallest absolute Gasteiger partial charge is 0.249 e. The molecule has 0 aliphatic heterocycles. The molecule has 17 heavy (non-hydrogen) atoms. The third-order valence-electron chi connectivity index (χ3n) is 2.00. The van der Waals surface area contributed by atoms with Crippen molar-refractivity contribution < 1.29 is 4.79 Å². The number of allylic oxidation sites excluding steroid dienone is 1. The van der Waals surface area contributed by atoms with E-state index >= 15 is 0 Å². The first-order valence-electron chi connectivity index (χ1n) is 5.06. The van der Waals surface area contributed by atoms with Crippen LogP contribution in [0.15, 0.2) is 42.9 Å². The van der Waals surface area contributed by atoms with Crippen LogP contribution in [0.25, 0.3) is 5.69 Å². The lowest BCUT2D eigenvalue weighted by molar-refractivity contribution is -0.111. The van der Waals surface area contributed by atoms with E-state index in [2.05, 4.69) is 20.6 Å². The quantitative estimate of drug-likeness (QED) is 0.802. The summed E-state index contributed by atoms with van der Waals surface area (Å²) in [5, 5.41) is 10.2. The van der Waals surface area contributed by atoms with Gasteiger partial charge in [0.25, 0.3) is 0 Å². The highest BCUT2D eigenvalue weighted by Crippen LogP contribution is 2.10. The third kappa shape index (κ3) is 2.75. The number of nitrogens with zero attached hydrogens (tertiary/aromatic N) is 4. The van der Waals surface area contributed by atoms with Crippen molar-refractivity contribution in [2.75, 3.05) is 5.32 Å². The van der Waals surface area contributed by atoms with Gasteiger partial charge in [0.1, 0.15) is 5.82 Å². The second kappa shape index (κ2) is 5.02. The highest BCUT2D eigenvalue weighted by molar-refractivity contribution is 5.98. The Labute approximate surface area is 98.0 Å². The number of amides is 1. The van der Waals surface area contributed by atoms with Gasteiger partial charge in [-0.2, -0.15) is 0 Å². The van der Waals surface area contributed by atoms with E-state index in [0.29, 0.717) is 5.82 Å². The molecule has 1 N–H and O–H groups in total. The van der Waals surface area contributed by atoms with Gasteiger partial charge < -0.3 is 5.32 Å². The topological polar surface area (TPSA) is 72.7 Å². The fourth-order valence-corrected chi connectivity index (χ4v) is 1.30. The summed E-state index contributed by atoms with van der Waals surface area (Å²) in [4.78, 5) is 15.4. The Balaban J connectivity index is 2.20. The molecule has 0 bridgehead atoms. The van der Waals surface area contributed by atoms with Gasteiger partial charge in [0.15, 0.2) is 0 Å². The summed E-state index contributed by atoms with van der Waals surface area (Å²) < 4.78 is 1.59. The summed E-state index contributed by atoms with van der Waals surface area (Å²) in [7, 11) is 0. The van der Waals surface area contributed by atoms with Crippen molar-refractivity contribution in [2.24, 2.45) is 0 Å². The van der Waals surface area contributed by atoms with E-state index in [0.717, 1.165) is 5.69 Å². The molecule has 0 saturated heterocycles. The molecule has 6 heteroatoms. The Bertz CT molecular complexity index is 533. The Hall–Kier alpha value is -2.50. The van der Waals surface area contributed by atoms with Gasteiger partial charge in [0.05, 0.1) is 18.1 Å². The molecule has 0 atom stereocenters. The summed E-state index contributed by atoms with van der Waals surface area (Å²) in [5.74, 6) is 0.261. The van der Waals surface area contributed by atoms with Crippen LogP contribution < -0.4 is 5.32 Å². The molecule has 6 nitrogen and oxygen atoms in total. The van der Waals surface area contributed by atoms with Crippen molar-refractivity contribution in [1.29, 1.82) is 0 Å². The largest absolute Gasteiger partial charge is 0.307 e. The molecular formula is C11H11N5O. The zero-order valence-electron chi connectivity index (χ0n) is 9.24. The van der Waals surface area contributed by atoms with E-state index in [4.69, 9.17) is 0 Å². The zero-order chi connectivity index (χ0) is 12.1. The summed E-state index contributed by atoms with van der Waals surface area (Å²) >= 11 is 0. The summed E-state index contributed by atoms with van der Waals surface area (Å²) in [5.41, 5.74) is 0.785. The van der Waals surface area contributed by atoms with E-state index in [1.807, 2.05) is 0 Å². The van der Waals surface area contributed by atoms with Crippen molar-refractivity contribution >= 4 is 11.7 Å². The molecule has 86 valence electrons. The standard InChI is InChI=1S/C11H11N5O/c1-2-3-11(17)14-10-8-9(4-5-12-10)16-7-6-13-15-16/h2-8H,1H3,(H,12,14,17)/b3-2-. The fourth-order valence-electron chi connectivity index (χ4n) is 1.30. The maximum absolute atomic E-state index is 11.3. The number of nitrogens with one attached hydrogen (secondary N) is 1. The molecule has 2 aromatic heterocycles. The lowest BCUT2D eigenvalue weighted by atomic mass is 10.4. The van der Waals surface area contributed by atoms with Crippen molar-refractivity contribution in [2.45, 2.75) is 6.92 Å². The highest BCUT2D eigenvalue weighted by atomic mass is 16.1. The summed E-state index contributed by atoms with van der Waals surface area (Å²) in [6.45, 7) is 1.78. The van der Waals surface area contributed by atoms with Gasteiger partial charge in [0.2, 0.25) is 5.91 Å². The highest BCUT2D eigenvalue weighted by Gasteiger charge is 2.02. The van der Waals surface area contributed by atoms with Crippen LogP contribution in [0.2, 0.25) is 0 Å². The predicted molar refractivity (Wildman–Crippen MR) is 62.6 cm³/mol. The zero-order valence-corrected chi connectivity index (χ0v) is 9.24. The van der Waals surface area contributed by atoms with E-state index in [1.165, 1.54) is 6.08 Å². The van der Waals surface area contributed by atoms with Crippen LogP contribution in [0.3, 0.4) is 0 Å². The molecule has 0 fully saturated rings. The van der Waals surface area contributed by atoms with Gasteiger partial charge in [-0.3, -0.25) is 4.79 Å². The minimum Gasteiger partial charge on any atom is -0.307 e. The van der Waals surface area contributed by atoms with Crippen LogP contribution in [-0.4, -0.2) is 25.9 Å². The molecular weight excluding hydrogens is 218 g/mol. The molecule has 0 unspecified atom stereocenters. The Morgan fingerprint density at radius 1 is 1.47 bits per heavy atom. The normalized spacial score (nSPS) is 10.6. The Kier molecular flexibility index (Phi) is 3.25. The maximum Gasteiger partial charge on any atom is 0.249 e. The number of carbonyl (C=O) groups is 1. The van der Waals surface area contributed by atoms with E-state index in [1.54, 1.807) is 48.4 Å². The van der Waals surface area contributed by atoms with Crippen molar-refractivity contribution in [3.63, 3.8) is 0 Å². The van der Waals surface area contributed by atoms with Gasteiger partial charge in [-0.1, -0.05) is 11.3 Å². The molecule has 0 aromatic carbocycles. The number of rotatable bonds is 3. The summed E-state index contributed by atoms with van der Waals surface area (Å²) in [6.07, 6.45) is 7.99. The number of hydrogen-bond donors (Lipinski definition) is 1. The van der Waals surface area contributed by atoms with Gasteiger partial charge in [-0.15, -0.1) is 5.10 Å².